The Kier molecular flexibility index (Phi) is 3.37. The summed E-state index contributed by atoms with van der Waals surface area (Å²) in [6, 6.07) is 5.93. The van der Waals surface area contributed by atoms with E-state index in [1.807, 2.05) is 12.1 Å². The van der Waals surface area contributed by atoms with Gasteiger partial charge in [0.15, 0.2) is 0 Å². The molecular weight excluding hydrogens is 200 g/mol. The van der Waals surface area contributed by atoms with Crippen molar-refractivity contribution in [2.24, 2.45) is 0 Å². The third kappa shape index (κ3) is 2.50. The molecule has 0 aliphatic carbocycles. The number of rotatable bonds is 1. The van der Waals surface area contributed by atoms with Crippen LogP contribution in [0.5, 0.6) is 0 Å². The van der Waals surface area contributed by atoms with Crippen molar-refractivity contribution in [3.8, 4) is 6.07 Å². The van der Waals surface area contributed by atoms with Crippen molar-refractivity contribution >= 4 is 5.69 Å². The highest BCUT2D eigenvalue weighted by Crippen LogP contribution is 2.16. The van der Waals surface area contributed by atoms with E-state index in [9.17, 15) is 0 Å². The molecule has 2 heterocycles. The van der Waals surface area contributed by atoms with Crippen molar-refractivity contribution in [2.75, 3.05) is 38.1 Å². The lowest BCUT2D eigenvalue weighted by atomic mass is 10.3. The van der Waals surface area contributed by atoms with Gasteiger partial charge in [0, 0.05) is 31.5 Å². The molecule has 2 rings (SSSR count). The van der Waals surface area contributed by atoms with E-state index in [1.54, 1.807) is 6.20 Å². The predicted octanol–water partition coefficient (Wildman–Crippen LogP) is 1.10. The lowest BCUT2D eigenvalue weighted by molar-refractivity contribution is 0.360. The van der Waals surface area contributed by atoms with E-state index in [-0.39, 0.29) is 0 Å². The summed E-state index contributed by atoms with van der Waals surface area (Å²) in [4.78, 5) is 8.66. The smallest absolute Gasteiger partial charge is 0.142 e. The average Bonchev–Trinajstić information content (AvgIpc) is 2.54. The van der Waals surface area contributed by atoms with Crippen LogP contribution in [-0.4, -0.2) is 43.1 Å². The van der Waals surface area contributed by atoms with Gasteiger partial charge < -0.3 is 9.80 Å². The van der Waals surface area contributed by atoms with Gasteiger partial charge in [0.2, 0.25) is 0 Å². The summed E-state index contributed by atoms with van der Waals surface area (Å²) in [6.07, 6.45) is 2.88. The molecule has 1 aliphatic heterocycles. The van der Waals surface area contributed by atoms with Gasteiger partial charge in [0.1, 0.15) is 11.8 Å². The zero-order valence-electron chi connectivity index (χ0n) is 9.56. The Hall–Kier alpha value is -1.60. The maximum Gasteiger partial charge on any atom is 0.142 e. The molecule has 1 saturated heterocycles. The topological polar surface area (TPSA) is 43.2 Å². The van der Waals surface area contributed by atoms with E-state index in [1.165, 1.54) is 6.42 Å². The van der Waals surface area contributed by atoms with Gasteiger partial charge in [0.05, 0.1) is 0 Å². The SMILES string of the molecule is CN1CCCN(c2ccnc(C#N)c2)CC1. The summed E-state index contributed by atoms with van der Waals surface area (Å²) in [5.74, 6) is 0. The number of nitriles is 1. The monoisotopic (exact) mass is 216 g/mol. The fourth-order valence-corrected chi connectivity index (χ4v) is 1.98. The first kappa shape index (κ1) is 10.9. The number of hydrogen-bond donors (Lipinski definition) is 0. The second kappa shape index (κ2) is 4.95. The van der Waals surface area contributed by atoms with Crippen LogP contribution in [0.15, 0.2) is 18.3 Å². The first-order valence-electron chi connectivity index (χ1n) is 5.59. The molecule has 0 atom stereocenters. The first-order chi connectivity index (χ1) is 7.79. The largest absolute Gasteiger partial charge is 0.370 e. The molecule has 84 valence electrons. The van der Waals surface area contributed by atoms with E-state index in [0.717, 1.165) is 31.9 Å². The van der Waals surface area contributed by atoms with Crippen LogP contribution < -0.4 is 4.90 Å². The molecule has 4 heteroatoms. The summed E-state index contributed by atoms with van der Waals surface area (Å²) in [7, 11) is 2.15. The minimum Gasteiger partial charge on any atom is -0.370 e. The summed E-state index contributed by atoms with van der Waals surface area (Å²) < 4.78 is 0. The van der Waals surface area contributed by atoms with Gasteiger partial charge in [-0.05, 0) is 32.1 Å². The second-order valence-electron chi connectivity index (χ2n) is 4.15. The molecule has 0 unspecified atom stereocenters. The van der Waals surface area contributed by atoms with Gasteiger partial charge in [-0.1, -0.05) is 0 Å². The van der Waals surface area contributed by atoms with Gasteiger partial charge in [-0.3, -0.25) is 0 Å². The lowest BCUT2D eigenvalue weighted by Gasteiger charge is -2.22. The Morgan fingerprint density at radius 3 is 3.00 bits per heavy atom. The summed E-state index contributed by atoms with van der Waals surface area (Å²) in [5.41, 5.74) is 1.61. The molecule has 0 radical (unpaired) electrons. The number of anilines is 1. The van der Waals surface area contributed by atoms with Crippen LogP contribution in [0.1, 0.15) is 12.1 Å². The van der Waals surface area contributed by atoms with Gasteiger partial charge in [-0.25, -0.2) is 4.98 Å². The molecule has 0 N–H and O–H groups in total. The lowest BCUT2D eigenvalue weighted by Crippen LogP contribution is -2.28. The molecule has 1 aromatic rings. The Balaban J connectivity index is 2.14. The normalized spacial score (nSPS) is 17.9. The minimum atomic E-state index is 0.495. The van der Waals surface area contributed by atoms with E-state index < -0.39 is 0 Å². The van der Waals surface area contributed by atoms with Crippen molar-refractivity contribution in [1.29, 1.82) is 5.26 Å². The standard InChI is InChI=1S/C12H16N4/c1-15-5-2-6-16(8-7-15)12-3-4-14-11(9-12)10-13/h3-4,9H,2,5-8H2,1H3. The Morgan fingerprint density at radius 2 is 2.19 bits per heavy atom. The molecule has 0 bridgehead atoms. The highest BCUT2D eigenvalue weighted by Gasteiger charge is 2.12. The summed E-state index contributed by atoms with van der Waals surface area (Å²) >= 11 is 0. The van der Waals surface area contributed by atoms with E-state index in [0.29, 0.717) is 5.69 Å². The zero-order chi connectivity index (χ0) is 11.4. The second-order valence-corrected chi connectivity index (χ2v) is 4.15. The molecule has 1 aliphatic rings. The number of likely N-dealkylation sites (N-methyl/N-ethyl adjacent to an activating group) is 1. The van der Waals surface area contributed by atoms with Gasteiger partial charge in [-0.15, -0.1) is 0 Å². The molecule has 1 aromatic heterocycles. The number of pyridine rings is 1. The third-order valence-corrected chi connectivity index (χ3v) is 2.94. The fourth-order valence-electron chi connectivity index (χ4n) is 1.98. The van der Waals surface area contributed by atoms with Gasteiger partial charge in [-0.2, -0.15) is 5.26 Å². The fraction of sp³-hybridized carbons (Fsp3) is 0.500. The highest BCUT2D eigenvalue weighted by atomic mass is 15.2. The van der Waals surface area contributed by atoms with Crippen molar-refractivity contribution in [3.05, 3.63) is 24.0 Å². The third-order valence-electron chi connectivity index (χ3n) is 2.94. The van der Waals surface area contributed by atoms with E-state index >= 15 is 0 Å². The van der Waals surface area contributed by atoms with Crippen LogP contribution in [0.25, 0.3) is 0 Å². The molecule has 1 fully saturated rings. The summed E-state index contributed by atoms with van der Waals surface area (Å²) in [6.45, 7) is 4.29. The predicted molar refractivity (Wildman–Crippen MR) is 63.3 cm³/mol. The van der Waals surface area contributed by atoms with Crippen molar-refractivity contribution in [2.45, 2.75) is 6.42 Å². The molecule has 16 heavy (non-hydrogen) atoms. The van der Waals surface area contributed by atoms with Crippen molar-refractivity contribution < 1.29 is 0 Å². The van der Waals surface area contributed by atoms with Crippen molar-refractivity contribution in [3.63, 3.8) is 0 Å². The number of aromatic nitrogens is 1. The molecule has 0 spiro atoms. The maximum atomic E-state index is 8.82. The quantitative estimate of drug-likeness (QED) is 0.705. The van der Waals surface area contributed by atoms with Gasteiger partial charge in [0.25, 0.3) is 0 Å². The molecular formula is C12H16N4. The van der Waals surface area contributed by atoms with Crippen LogP contribution >= 0.6 is 0 Å². The Bertz CT molecular complexity index is 396. The first-order valence-corrected chi connectivity index (χ1v) is 5.59. The number of hydrogen-bond acceptors (Lipinski definition) is 4. The Morgan fingerprint density at radius 1 is 1.31 bits per heavy atom. The van der Waals surface area contributed by atoms with E-state index in [2.05, 4.69) is 27.9 Å². The zero-order valence-corrected chi connectivity index (χ0v) is 9.56. The van der Waals surface area contributed by atoms with Crippen LogP contribution in [0.3, 0.4) is 0 Å². The van der Waals surface area contributed by atoms with Crippen LogP contribution in [0.2, 0.25) is 0 Å². The maximum absolute atomic E-state index is 8.82. The minimum absolute atomic E-state index is 0.495. The summed E-state index contributed by atoms with van der Waals surface area (Å²) in [5, 5.41) is 8.82. The number of nitrogens with zero attached hydrogens (tertiary/aromatic N) is 4. The average molecular weight is 216 g/mol. The van der Waals surface area contributed by atoms with E-state index in [4.69, 9.17) is 5.26 Å². The highest BCUT2D eigenvalue weighted by molar-refractivity contribution is 5.48. The van der Waals surface area contributed by atoms with Crippen LogP contribution in [0, 0.1) is 11.3 Å². The van der Waals surface area contributed by atoms with Crippen LogP contribution in [-0.2, 0) is 0 Å². The van der Waals surface area contributed by atoms with Crippen molar-refractivity contribution in [1.82, 2.24) is 9.88 Å². The van der Waals surface area contributed by atoms with Gasteiger partial charge >= 0.3 is 0 Å². The molecule has 0 saturated carbocycles. The molecule has 0 amide bonds. The molecule has 4 nitrogen and oxygen atoms in total. The Labute approximate surface area is 96.1 Å². The van der Waals surface area contributed by atoms with Crippen LogP contribution in [0.4, 0.5) is 5.69 Å². The molecule has 0 aromatic carbocycles.